The Labute approximate surface area is 369 Å². The molecule has 318 valence electrons. The zero-order valence-electron chi connectivity index (χ0n) is 35.1. The van der Waals surface area contributed by atoms with E-state index in [-0.39, 0.29) is 9.79 Å². The fourth-order valence-corrected chi connectivity index (χ4v) is 11.0. The molecule has 0 atom stereocenters. The Balaban J connectivity index is 1.26. The van der Waals surface area contributed by atoms with Crippen molar-refractivity contribution in [1.82, 2.24) is 0 Å². The van der Waals surface area contributed by atoms with Gasteiger partial charge >= 0.3 is 0 Å². The number of hydrogen-bond donors (Lipinski definition) is 3. The van der Waals surface area contributed by atoms with Crippen LogP contribution in [0.2, 0.25) is 0 Å². The van der Waals surface area contributed by atoms with E-state index >= 15 is 0 Å². The normalized spacial score (nSPS) is 18.6. The Hall–Kier alpha value is -5.50. The second kappa shape index (κ2) is 16.7. The first-order valence-electron chi connectivity index (χ1n) is 20.5. The van der Waals surface area contributed by atoms with E-state index in [1.807, 2.05) is 60.7 Å². The zero-order valence-corrected chi connectivity index (χ0v) is 37.6. The molecule has 0 unspecified atom stereocenters. The van der Waals surface area contributed by atoms with Crippen molar-refractivity contribution in [1.29, 1.82) is 0 Å². The van der Waals surface area contributed by atoms with Gasteiger partial charge in [0.1, 0.15) is 0 Å². The van der Waals surface area contributed by atoms with Crippen LogP contribution in [0.4, 0.5) is 17.1 Å². The van der Waals surface area contributed by atoms with Gasteiger partial charge in [0.2, 0.25) is 5.69 Å². The van der Waals surface area contributed by atoms with E-state index in [9.17, 15) is 25.9 Å². The van der Waals surface area contributed by atoms with Crippen molar-refractivity contribution in [3.05, 3.63) is 190 Å². The van der Waals surface area contributed by atoms with Crippen molar-refractivity contribution in [2.45, 2.75) is 85.6 Å². The maximum atomic E-state index is 12.3. The Morgan fingerprint density at radius 3 is 1.97 bits per heavy atom. The average molecular weight is 885 g/mol. The van der Waals surface area contributed by atoms with Crippen LogP contribution in [0, 0.1) is 0 Å². The van der Waals surface area contributed by atoms with E-state index in [4.69, 9.17) is 5.73 Å². The summed E-state index contributed by atoms with van der Waals surface area (Å²) >= 11 is 1.69. The number of benzene rings is 5. The van der Waals surface area contributed by atoms with Gasteiger partial charge in [-0.05, 0) is 116 Å². The lowest BCUT2D eigenvalue weighted by atomic mass is 9.81. The Kier molecular flexibility index (Phi) is 11.6. The summed E-state index contributed by atoms with van der Waals surface area (Å²) in [5, 5.41) is 0. The van der Waals surface area contributed by atoms with Crippen LogP contribution in [0.15, 0.2) is 182 Å². The summed E-state index contributed by atoms with van der Waals surface area (Å²) in [5.74, 6) is 0. The summed E-state index contributed by atoms with van der Waals surface area (Å²) in [4.78, 5) is 4.14. The Morgan fingerprint density at radius 2 is 1.32 bits per heavy atom. The highest BCUT2D eigenvalue weighted by Gasteiger charge is 2.45. The minimum absolute atomic E-state index is 0.134. The fourth-order valence-electron chi connectivity index (χ4n) is 8.87. The number of anilines is 2. The van der Waals surface area contributed by atoms with Gasteiger partial charge in [0.15, 0.2) is 12.3 Å². The van der Waals surface area contributed by atoms with Crippen LogP contribution >= 0.6 is 11.8 Å². The van der Waals surface area contributed by atoms with E-state index in [0.29, 0.717) is 18.8 Å². The highest BCUT2D eigenvalue weighted by molar-refractivity contribution is 8.03. The molecule has 4 N–H and O–H groups in total. The lowest BCUT2D eigenvalue weighted by molar-refractivity contribution is -0.455. The van der Waals surface area contributed by atoms with Gasteiger partial charge in [-0.25, -0.2) is 0 Å². The SMILES string of the molecule is CC1(C)C(/C=C/C2=C(Sc3ccc(N)cc3)C(=C/C=C3/N(Cc4ccccc4)c4ccc(S(=O)(=O)O)cc4C3(C)C)/CCC2)=[N+](Cc2ccccc2)c2ccc(S(=O)(=O)O)cc21. The van der Waals surface area contributed by atoms with E-state index in [1.165, 1.54) is 12.1 Å². The van der Waals surface area contributed by atoms with Crippen molar-refractivity contribution in [3.63, 3.8) is 0 Å². The first-order chi connectivity index (χ1) is 29.4. The van der Waals surface area contributed by atoms with Crippen LogP contribution in [0.1, 0.15) is 69.2 Å². The van der Waals surface area contributed by atoms with Gasteiger partial charge in [0.25, 0.3) is 20.2 Å². The molecular weight excluding hydrogens is 835 g/mol. The molecule has 0 aromatic heterocycles. The van der Waals surface area contributed by atoms with Crippen molar-refractivity contribution in [2.75, 3.05) is 10.6 Å². The molecule has 62 heavy (non-hydrogen) atoms. The quantitative estimate of drug-likeness (QED) is 0.0671. The minimum Gasteiger partial charge on any atom is -0.399 e. The van der Waals surface area contributed by atoms with Crippen LogP contribution in [-0.4, -0.2) is 36.2 Å². The van der Waals surface area contributed by atoms with Crippen molar-refractivity contribution in [2.24, 2.45) is 0 Å². The van der Waals surface area contributed by atoms with E-state index < -0.39 is 31.1 Å². The predicted octanol–water partition coefficient (Wildman–Crippen LogP) is 10.9. The molecule has 5 aromatic carbocycles. The van der Waals surface area contributed by atoms with Crippen LogP contribution in [0.25, 0.3) is 0 Å². The smallest absolute Gasteiger partial charge is 0.294 e. The maximum Gasteiger partial charge on any atom is 0.294 e. The molecule has 0 amide bonds. The third-order valence-electron chi connectivity index (χ3n) is 12.1. The predicted molar refractivity (Wildman–Crippen MR) is 249 cm³/mol. The van der Waals surface area contributed by atoms with Gasteiger partial charge in [-0.2, -0.15) is 21.4 Å². The first kappa shape index (κ1) is 43.2. The highest BCUT2D eigenvalue weighted by atomic mass is 32.2. The number of nitrogens with two attached hydrogens (primary N) is 1. The van der Waals surface area contributed by atoms with E-state index in [0.717, 1.165) is 85.2 Å². The molecule has 0 spiro atoms. The van der Waals surface area contributed by atoms with E-state index in [2.05, 4.69) is 85.7 Å². The van der Waals surface area contributed by atoms with Crippen molar-refractivity contribution < 1.29 is 30.5 Å². The lowest BCUT2D eigenvalue weighted by Gasteiger charge is -2.27. The number of allylic oxidation sites excluding steroid dienone is 7. The number of fused-ring (bicyclic) bond motifs is 2. The van der Waals surface area contributed by atoms with Crippen LogP contribution < -0.4 is 10.6 Å². The number of rotatable bonds is 11. The summed E-state index contributed by atoms with van der Waals surface area (Å²) in [7, 11) is -8.84. The molecule has 12 heteroatoms. The third-order valence-corrected chi connectivity index (χ3v) is 15.1. The zero-order chi connectivity index (χ0) is 44.0. The fraction of sp³-hybridized carbons (Fsp3) is 0.220. The standard InChI is InChI=1S/C50H49N3O6S3/c1-49(2)42-30-40(61(54,55)56)24-26-44(42)52(32-34-12-7-5-8-13-34)46(49)28-18-36-16-11-17-37(48(36)60-39-22-20-38(51)21-23-39)19-29-47-50(3,4)43-31-41(62(57,58)59)25-27-45(43)53(47)33-35-14-9-6-10-15-35/h5-10,12-15,18-31H,11,16-17,32-33,51H2,1-4H3,(H-,54,55,56,57,58,59)/p+1. The number of hydrogen-bond acceptors (Lipinski definition) is 7. The molecule has 3 aliphatic rings. The third kappa shape index (κ3) is 8.62. The van der Waals surface area contributed by atoms with Crippen LogP contribution in [-0.2, 0) is 44.2 Å². The molecular formula is C50H50N3O6S3+. The van der Waals surface area contributed by atoms with Gasteiger partial charge in [0.05, 0.1) is 15.2 Å². The Morgan fingerprint density at radius 1 is 0.710 bits per heavy atom. The molecule has 0 fully saturated rings. The summed E-state index contributed by atoms with van der Waals surface area (Å²) in [6.45, 7) is 9.48. The second-order valence-corrected chi connectivity index (χ2v) is 21.0. The van der Waals surface area contributed by atoms with Crippen molar-refractivity contribution in [3.8, 4) is 0 Å². The molecule has 0 radical (unpaired) electrons. The first-order valence-corrected chi connectivity index (χ1v) is 24.2. The number of thioether (sulfide) groups is 1. The molecule has 8 rings (SSSR count). The minimum atomic E-state index is -4.42. The molecule has 2 aliphatic heterocycles. The van der Waals surface area contributed by atoms with Gasteiger partial charge in [0, 0.05) is 62.1 Å². The van der Waals surface area contributed by atoms with Crippen LogP contribution in [0.5, 0.6) is 0 Å². The second-order valence-electron chi connectivity index (χ2n) is 17.0. The molecule has 0 saturated heterocycles. The monoisotopic (exact) mass is 884 g/mol. The van der Waals surface area contributed by atoms with Gasteiger partial charge in [-0.3, -0.25) is 9.11 Å². The van der Waals surface area contributed by atoms with Gasteiger partial charge in [-0.15, -0.1) is 0 Å². The van der Waals surface area contributed by atoms with Gasteiger partial charge in [-0.1, -0.05) is 98.4 Å². The summed E-state index contributed by atoms with van der Waals surface area (Å²) in [5.41, 5.74) is 15.5. The van der Waals surface area contributed by atoms with Crippen molar-refractivity contribution >= 4 is 54.8 Å². The summed E-state index contributed by atoms with van der Waals surface area (Å²) < 4.78 is 71.5. The largest absolute Gasteiger partial charge is 0.399 e. The number of nitrogens with zero attached hydrogens (tertiary/aromatic N) is 2. The average Bonchev–Trinajstić information content (AvgIpc) is 3.57. The molecule has 5 aromatic rings. The van der Waals surface area contributed by atoms with Gasteiger partial charge < -0.3 is 10.6 Å². The van der Waals surface area contributed by atoms with E-state index in [1.54, 1.807) is 36.0 Å². The van der Waals surface area contributed by atoms with Crippen LogP contribution in [0.3, 0.4) is 0 Å². The molecule has 0 bridgehead atoms. The summed E-state index contributed by atoms with van der Waals surface area (Å²) in [6.07, 6.45) is 11.3. The molecule has 9 nitrogen and oxygen atoms in total. The Bertz CT molecular complexity index is 2950. The molecule has 2 heterocycles. The lowest BCUT2D eigenvalue weighted by Crippen LogP contribution is -2.27. The molecule has 0 saturated carbocycles. The topological polar surface area (TPSA) is 141 Å². The molecule has 1 aliphatic carbocycles. The summed E-state index contributed by atoms with van der Waals surface area (Å²) in [6, 6.07) is 37.9. The highest BCUT2D eigenvalue weighted by Crippen LogP contribution is 2.50. The number of nitrogen functional groups attached to an aromatic ring is 1. The maximum absolute atomic E-state index is 12.3.